The zero-order valence-electron chi connectivity index (χ0n) is 13.9. The molecule has 0 N–H and O–H groups in total. The Morgan fingerprint density at radius 3 is 1.69 bits per heavy atom. The van der Waals surface area contributed by atoms with Gasteiger partial charge in [0.2, 0.25) is 20.2 Å². The number of hydrogen-bond acceptors (Lipinski definition) is 5. The summed E-state index contributed by atoms with van der Waals surface area (Å²) in [5, 5.41) is 0. The summed E-state index contributed by atoms with van der Waals surface area (Å²) in [6.07, 6.45) is 0. The molecule has 1 aliphatic heterocycles. The fraction of sp³-hybridized carbons (Fsp3) is 0.0526. The SMILES string of the molecule is COS(=O)(=O)[O-].c1ccc([S+]2c3ccccc3Oc3ccccc32)cc1. The average Bonchev–Trinajstić information content (AvgIpc) is 2.66. The van der Waals surface area contributed by atoms with E-state index in [0.717, 1.165) is 18.6 Å². The summed E-state index contributed by atoms with van der Waals surface area (Å²) in [6.45, 7) is 0. The molecule has 134 valence electrons. The Labute approximate surface area is 155 Å². The predicted octanol–water partition coefficient (Wildman–Crippen LogP) is 3.98. The Kier molecular flexibility index (Phi) is 5.63. The van der Waals surface area contributed by atoms with Crippen LogP contribution in [0, 0.1) is 0 Å². The van der Waals surface area contributed by atoms with Crippen molar-refractivity contribution in [3.8, 4) is 11.5 Å². The van der Waals surface area contributed by atoms with E-state index >= 15 is 0 Å². The van der Waals surface area contributed by atoms with Gasteiger partial charge >= 0.3 is 0 Å². The molecule has 1 heterocycles. The minimum atomic E-state index is -4.41. The fourth-order valence-electron chi connectivity index (χ4n) is 2.45. The Hall–Kier alpha value is -2.32. The van der Waals surface area contributed by atoms with Crippen LogP contribution < -0.4 is 4.74 Å². The van der Waals surface area contributed by atoms with Gasteiger partial charge in [-0.15, -0.1) is 0 Å². The molecular weight excluding hydrogens is 372 g/mol. The molecule has 3 aromatic rings. The molecule has 3 aromatic carbocycles. The molecule has 0 saturated carbocycles. The Morgan fingerprint density at radius 1 is 0.808 bits per heavy atom. The standard InChI is InChI=1S/C18H13OS.CH4O4S/c1-2-8-14(9-3-1)20-17-12-6-4-10-15(17)19-16-11-5-7-13-18(16)20;1-5-6(2,3)4/h1-13H;1H3,(H,2,3,4)/q+1;/p-1. The topological polar surface area (TPSA) is 75.7 Å². The van der Waals surface area contributed by atoms with Gasteiger partial charge in [-0.1, -0.05) is 42.5 Å². The lowest BCUT2D eigenvalue weighted by atomic mass is 10.3. The van der Waals surface area contributed by atoms with Gasteiger partial charge in [-0.05, 0) is 36.4 Å². The van der Waals surface area contributed by atoms with Gasteiger partial charge in [-0.25, -0.2) is 8.42 Å². The highest BCUT2D eigenvalue weighted by Crippen LogP contribution is 2.46. The normalized spacial score (nSPS) is 12.8. The number of benzene rings is 3. The van der Waals surface area contributed by atoms with Crippen LogP contribution in [-0.4, -0.2) is 20.1 Å². The van der Waals surface area contributed by atoms with Gasteiger partial charge in [0.15, 0.2) is 16.4 Å². The molecule has 26 heavy (non-hydrogen) atoms. The van der Waals surface area contributed by atoms with E-state index in [9.17, 15) is 13.0 Å². The number of fused-ring (bicyclic) bond motifs is 2. The number of ether oxygens (including phenoxy) is 1. The van der Waals surface area contributed by atoms with Crippen LogP contribution in [0.4, 0.5) is 0 Å². The highest BCUT2D eigenvalue weighted by atomic mass is 32.3. The maximum atomic E-state index is 9.22. The molecule has 5 nitrogen and oxygen atoms in total. The summed E-state index contributed by atoms with van der Waals surface area (Å²) in [5.41, 5.74) is 0. The Bertz CT molecular complexity index is 942. The number of hydrogen-bond donors (Lipinski definition) is 0. The summed E-state index contributed by atoms with van der Waals surface area (Å²) >= 11 is 0. The Balaban J connectivity index is 0.000000286. The van der Waals surface area contributed by atoms with Crippen molar-refractivity contribution in [2.45, 2.75) is 14.7 Å². The van der Waals surface area contributed by atoms with Crippen molar-refractivity contribution in [1.82, 2.24) is 0 Å². The molecule has 0 amide bonds. The second kappa shape index (κ2) is 7.92. The van der Waals surface area contributed by atoms with Crippen molar-refractivity contribution in [2.75, 3.05) is 7.11 Å². The van der Waals surface area contributed by atoms with E-state index in [1.807, 2.05) is 24.3 Å². The van der Waals surface area contributed by atoms with Crippen LogP contribution in [0.1, 0.15) is 0 Å². The molecule has 0 atom stereocenters. The highest BCUT2D eigenvalue weighted by molar-refractivity contribution is 7.97. The maximum Gasteiger partial charge on any atom is 0.217 e. The first-order valence-corrected chi connectivity index (χ1v) is 10.2. The summed E-state index contributed by atoms with van der Waals surface area (Å²) in [7, 11) is -3.69. The lowest BCUT2D eigenvalue weighted by Gasteiger charge is -2.19. The first-order chi connectivity index (χ1) is 12.5. The van der Waals surface area contributed by atoms with Crippen molar-refractivity contribution in [1.29, 1.82) is 0 Å². The molecule has 0 spiro atoms. The molecule has 0 radical (unpaired) electrons. The van der Waals surface area contributed by atoms with E-state index in [4.69, 9.17) is 4.74 Å². The molecule has 7 heteroatoms. The first kappa shape index (κ1) is 18.5. The molecule has 0 fully saturated rings. The van der Waals surface area contributed by atoms with Gasteiger partial charge in [-0.2, -0.15) is 0 Å². The minimum Gasteiger partial charge on any atom is -0.726 e. The largest absolute Gasteiger partial charge is 0.726 e. The third kappa shape index (κ3) is 4.25. The zero-order chi connectivity index (χ0) is 18.6. The summed E-state index contributed by atoms with van der Waals surface area (Å²) < 4.78 is 37.1. The van der Waals surface area contributed by atoms with Crippen LogP contribution >= 0.6 is 0 Å². The van der Waals surface area contributed by atoms with E-state index < -0.39 is 10.4 Å². The molecule has 0 saturated heterocycles. The Morgan fingerprint density at radius 2 is 1.23 bits per heavy atom. The van der Waals surface area contributed by atoms with Crippen LogP contribution in [0.2, 0.25) is 0 Å². The lowest BCUT2D eigenvalue weighted by molar-refractivity contribution is 0.314. The van der Waals surface area contributed by atoms with Crippen LogP contribution in [0.15, 0.2) is 93.5 Å². The monoisotopic (exact) mass is 388 g/mol. The molecule has 1 aliphatic rings. The van der Waals surface area contributed by atoms with Gasteiger partial charge < -0.3 is 9.29 Å². The second-order valence-corrected chi connectivity index (χ2v) is 8.30. The minimum absolute atomic E-state index is 0.0829. The van der Waals surface area contributed by atoms with E-state index in [-0.39, 0.29) is 10.9 Å². The molecular formula is C19H16O5S2. The van der Waals surface area contributed by atoms with Crippen molar-refractivity contribution in [2.24, 2.45) is 0 Å². The van der Waals surface area contributed by atoms with E-state index in [1.54, 1.807) is 0 Å². The second-order valence-electron chi connectivity index (χ2n) is 5.19. The smallest absolute Gasteiger partial charge is 0.217 e. The summed E-state index contributed by atoms with van der Waals surface area (Å²) in [6, 6.07) is 27.3. The van der Waals surface area contributed by atoms with Crippen molar-refractivity contribution in [3.63, 3.8) is 0 Å². The maximum absolute atomic E-state index is 9.22. The zero-order valence-corrected chi connectivity index (χ0v) is 15.5. The van der Waals surface area contributed by atoms with Gasteiger partial charge in [0, 0.05) is 0 Å². The van der Waals surface area contributed by atoms with E-state index in [1.165, 1.54) is 14.7 Å². The lowest BCUT2D eigenvalue weighted by Crippen LogP contribution is -2.12. The van der Waals surface area contributed by atoms with Crippen LogP contribution in [0.5, 0.6) is 11.5 Å². The third-order valence-electron chi connectivity index (χ3n) is 3.54. The van der Waals surface area contributed by atoms with Crippen LogP contribution in [-0.2, 0) is 25.5 Å². The molecule has 0 aliphatic carbocycles. The quantitative estimate of drug-likeness (QED) is 0.295. The average molecular weight is 388 g/mol. The predicted molar refractivity (Wildman–Crippen MR) is 98.3 cm³/mol. The summed E-state index contributed by atoms with van der Waals surface area (Å²) in [5.74, 6) is 1.94. The van der Waals surface area contributed by atoms with Crippen LogP contribution in [0.25, 0.3) is 0 Å². The highest BCUT2D eigenvalue weighted by Gasteiger charge is 2.38. The van der Waals surface area contributed by atoms with Gasteiger partial charge in [0.25, 0.3) is 0 Å². The molecule has 0 bridgehead atoms. The fourth-order valence-corrected chi connectivity index (χ4v) is 4.68. The van der Waals surface area contributed by atoms with Gasteiger partial charge in [0.05, 0.1) is 7.11 Å². The van der Waals surface area contributed by atoms with Crippen molar-refractivity contribution in [3.05, 3.63) is 78.9 Å². The molecule has 0 aromatic heterocycles. The van der Waals surface area contributed by atoms with Gasteiger partial charge in [-0.3, -0.25) is 4.18 Å². The summed E-state index contributed by atoms with van der Waals surface area (Å²) in [4.78, 5) is 3.85. The van der Waals surface area contributed by atoms with E-state index in [0.29, 0.717) is 0 Å². The first-order valence-electron chi connectivity index (χ1n) is 7.66. The van der Waals surface area contributed by atoms with Crippen molar-refractivity contribution < 1.29 is 21.9 Å². The van der Waals surface area contributed by atoms with E-state index in [2.05, 4.69) is 58.8 Å². The number of rotatable bonds is 2. The van der Waals surface area contributed by atoms with Gasteiger partial charge in [0.1, 0.15) is 10.9 Å². The van der Waals surface area contributed by atoms with Crippen LogP contribution in [0.3, 0.4) is 0 Å². The van der Waals surface area contributed by atoms with Crippen molar-refractivity contribution >= 4 is 21.3 Å². The third-order valence-corrected chi connectivity index (χ3v) is 6.25. The number of para-hydroxylation sites is 2. The molecule has 0 unspecified atom stereocenters. The molecule has 4 rings (SSSR count).